The van der Waals surface area contributed by atoms with Gasteiger partial charge in [0.2, 0.25) is 0 Å². The zero-order chi connectivity index (χ0) is 21.6. The van der Waals surface area contributed by atoms with Crippen LogP contribution >= 0.6 is 11.6 Å². The second kappa shape index (κ2) is 7.60. The van der Waals surface area contributed by atoms with Crippen LogP contribution < -0.4 is 5.32 Å². The van der Waals surface area contributed by atoms with E-state index >= 15 is 0 Å². The van der Waals surface area contributed by atoms with Crippen molar-refractivity contribution < 1.29 is 23.5 Å². The topological polar surface area (TPSA) is 96.8 Å². The summed E-state index contributed by atoms with van der Waals surface area (Å²) < 4.78 is 19.6. The molecule has 1 atom stereocenters. The second-order valence-electron chi connectivity index (χ2n) is 7.14. The Labute approximate surface area is 176 Å². The number of carbonyl (C=O) groups excluding carboxylic acids is 3. The number of benzene rings is 1. The largest absolute Gasteiger partial charge is 0.467 e. The van der Waals surface area contributed by atoms with Crippen molar-refractivity contribution in [2.75, 3.05) is 26.0 Å². The molecule has 1 unspecified atom stereocenters. The number of amides is 3. The van der Waals surface area contributed by atoms with Gasteiger partial charge in [-0.3, -0.25) is 9.48 Å². The highest BCUT2D eigenvalue weighted by molar-refractivity contribution is 6.31. The van der Waals surface area contributed by atoms with Gasteiger partial charge in [-0.25, -0.2) is 14.0 Å². The van der Waals surface area contributed by atoms with E-state index < -0.39 is 23.9 Å². The Balaban J connectivity index is 1.55. The Kier molecular flexibility index (Phi) is 5.10. The van der Waals surface area contributed by atoms with Crippen LogP contribution in [-0.4, -0.2) is 64.2 Å². The average molecular weight is 436 g/mol. The number of nitrogens with one attached hydrogen (secondary N) is 1. The van der Waals surface area contributed by atoms with Gasteiger partial charge in [-0.05, 0) is 18.2 Å². The van der Waals surface area contributed by atoms with Crippen LogP contribution in [0.15, 0.2) is 18.2 Å². The van der Waals surface area contributed by atoms with Crippen LogP contribution in [0.25, 0.3) is 0 Å². The molecular formula is C19H19ClFN5O4. The number of nitrogens with zero attached hydrogens (tertiary/aromatic N) is 4. The Morgan fingerprint density at radius 2 is 2.13 bits per heavy atom. The van der Waals surface area contributed by atoms with Crippen LogP contribution in [0, 0.1) is 5.82 Å². The fourth-order valence-electron chi connectivity index (χ4n) is 3.71. The van der Waals surface area contributed by atoms with Crippen LogP contribution in [-0.2, 0) is 29.0 Å². The third-order valence-corrected chi connectivity index (χ3v) is 5.66. The molecule has 0 fully saturated rings. The maximum Gasteiger partial charge on any atom is 0.330 e. The molecule has 0 bridgehead atoms. The number of aromatic nitrogens is 2. The van der Waals surface area contributed by atoms with Crippen LogP contribution in [0.4, 0.5) is 14.9 Å². The van der Waals surface area contributed by atoms with Gasteiger partial charge in [-0.2, -0.15) is 5.10 Å². The predicted octanol–water partition coefficient (Wildman–Crippen LogP) is 1.89. The summed E-state index contributed by atoms with van der Waals surface area (Å²) in [6, 6.07) is 2.78. The maximum absolute atomic E-state index is 13.3. The second-order valence-corrected chi connectivity index (χ2v) is 7.55. The molecular weight excluding hydrogens is 417 g/mol. The summed E-state index contributed by atoms with van der Waals surface area (Å²) >= 11 is 5.76. The Hall–Kier alpha value is -3.14. The zero-order valence-corrected chi connectivity index (χ0v) is 17.1. The SMILES string of the molecule is COC(=O)C1Cn2nc3c(c2C(=O)N1C)CN(C(=O)Nc1ccc(F)c(Cl)c1)CC3. The first-order valence-electron chi connectivity index (χ1n) is 9.24. The average Bonchev–Trinajstić information content (AvgIpc) is 3.10. The van der Waals surface area contributed by atoms with Crippen molar-refractivity contribution in [3.8, 4) is 0 Å². The van der Waals surface area contributed by atoms with Crippen molar-refractivity contribution in [1.82, 2.24) is 19.6 Å². The molecule has 2 aliphatic rings. The maximum atomic E-state index is 13.3. The molecule has 4 rings (SSSR count). The monoisotopic (exact) mass is 435 g/mol. The third-order valence-electron chi connectivity index (χ3n) is 5.37. The van der Waals surface area contributed by atoms with Gasteiger partial charge in [0.25, 0.3) is 5.91 Å². The van der Waals surface area contributed by atoms with Gasteiger partial charge in [-0.15, -0.1) is 0 Å². The molecule has 0 spiro atoms. The molecule has 30 heavy (non-hydrogen) atoms. The fourth-order valence-corrected chi connectivity index (χ4v) is 3.89. The van der Waals surface area contributed by atoms with E-state index in [1.165, 1.54) is 34.9 Å². The first-order chi connectivity index (χ1) is 14.3. The first-order valence-corrected chi connectivity index (χ1v) is 9.62. The van der Waals surface area contributed by atoms with Crippen molar-refractivity contribution in [3.63, 3.8) is 0 Å². The normalized spacial score (nSPS) is 18.0. The van der Waals surface area contributed by atoms with Gasteiger partial charge in [0.15, 0.2) is 0 Å². The summed E-state index contributed by atoms with van der Waals surface area (Å²) in [5.41, 5.74) is 2.13. The number of ether oxygens (including phenoxy) is 1. The van der Waals surface area contributed by atoms with Gasteiger partial charge in [0, 0.05) is 31.3 Å². The van der Waals surface area contributed by atoms with Gasteiger partial charge >= 0.3 is 12.0 Å². The number of carbonyl (C=O) groups is 3. The highest BCUT2D eigenvalue weighted by atomic mass is 35.5. The molecule has 2 aliphatic heterocycles. The Morgan fingerprint density at radius 3 is 2.83 bits per heavy atom. The van der Waals surface area contributed by atoms with Crippen LogP contribution in [0.2, 0.25) is 5.02 Å². The molecule has 1 N–H and O–H groups in total. The molecule has 158 valence electrons. The van der Waals surface area contributed by atoms with Crippen LogP contribution in [0.1, 0.15) is 21.7 Å². The molecule has 11 heteroatoms. The number of halogens is 2. The fraction of sp³-hybridized carbons (Fsp3) is 0.368. The molecule has 2 aromatic rings. The molecule has 3 heterocycles. The summed E-state index contributed by atoms with van der Waals surface area (Å²) in [4.78, 5) is 40.5. The van der Waals surface area contributed by atoms with E-state index in [1.54, 1.807) is 11.9 Å². The van der Waals surface area contributed by atoms with Gasteiger partial charge in [0.1, 0.15) is 17.6 Å². The summed E-state index contributed by atoms with van der Waals surface area (Å²) in [7, 11) is 2.81. The molecule has 0 radical (unpaired) electrons. The van der Waals surface area contributed by atoms with Gasteiger partial charge < -0.3 is 19.9 Å². The number of urea groups is 1. The standard InChI is InChI=1S/C19H19ClFN5O4/c1-24-15(18(28)30-2)9-26-16(17(24)27)11-8-25(6-5-14(11)23-26)19(29)22-10-3-4-13(21)12(20)7-10/h3-4,7,15H,5-6,8-9H2,1-2H3,(H,22,29). The lowest BCUT2D eigenvalue weighted by molar-refractivity contribution is -0.146. The number of hydrogen-bond acceptors (Lipinski definition) is 5. The number of anilines is 1. The summed E-state index contributed by atoms with van der Waals surface area (Å²) in [6.07, 6.45) is 0.465. The smallest absolute Gasteiger partial charge is 0.330 e. The molecule has 0 saturated heterocycles. The highest BCUT2D eigenvalue weighted by Crippen LogP contribution is 2.28. The quantitative estimate of drug-likeness (QED) is 0.727. The van der Waals surface area contributed by atoms with E-state index in [0.29, 0.717) is 29.9 Å². The van der Waals surface area contributed by atoms with Crippen molar-refractivity contribution in [2.24, 2.45) is 0 Å². The lowest BCUT2D eigenvalue weighted by Crippen LogP contribution is -2.50. The summed E-state index contributed by atoms with van der Waals surface area (Å²) in [6.45, 7) is 0.778. The Bertz CT molecular complexity index is 1060. The van der Waals surface area contributed by atoms with Gasteiger partial charge in [0.05, 0.1) is 30.9 Å². The Morgan fingerprint density at radius 1 is 1.37 bits per heavy atom. The van der Waals surface area contributed by atoms with Crippen molar-refractivity contribution in [3.05, 3.63) is 46.0 Å². The van der Waals surface area contributed by atoms with Gasteiger partial charge in [-0.1, -0.05) is 11.6 Å². The zero-order valence-electron chi connectivity index (χ0n) is 16.3. The van der Waals surface area contributed by atoms with E-state index in [-0.39, 0.29) is 24.0 Å². The number of fused-ring (bicyclic) bond motifs is 3. The summed E-state index contributed by atoms with van der Waals surface area (Å²) in [5, 5.41) is 7.08. The van der Waals surface area contributed by atoms with Crippen molar-refractivity contribution in [1.29, 1.82) is 0 Å². The lowest BCUT2D eigenvalue weighted by atomic mass is 10.0. The molecule has 3 amide bonds. The number of rotatable bonds is 2. The molecule has 1 aromatic carbocycles. The van der Waals surface area contributed by atoms with E-state index in [4.69, 9.17) is 16.3 Å². The minimum Gasteiger partial charge on any atom is -0.467 e. The number of methoxy groups -OCH3 is 1. The van der Waals surface area contributed by atoms with Crippen LogP contribution in [0.3, 0.4) is 0 Å². The minimum absolute atomic E-state index is 0.0896. The minimum atomic E-state index is -0.751. The van der Waals surface area contributed by atoms with Crippen molar-refractivity contribution >= 4 is 35.2 Å². The molecule has 9 nitrogen and oxygen atoms in total. The number of esters is 1. The van der Waals surface area contributed by atoms with E-state index in [9.17, 15) is 18.8 Å². The van der Waals surface area contributed by atoms with Crippen molar-refractivity contribution in [2.45, 2.75) is 25.6 Å². The number of likely N-dealkylation sites (N-methyl/N-ethyl adjacent to an activating group) is 1. The molecule has 1 aromatic heterocycles. The summed E-state index contributed by atoms with van der Waals surface area (Å²) in [5.74, 6) is -1.43. The molecule has 0 saturated carbocycles. The van der Waals surface area contributed by atoms with E-state index in [1.807, 2.05) is 0 Å². The predicted molar refractivity (Wildman–Crippen MR) is 105 cm³/mol. The molecule has 0 aliphatic carbocycles. The van der Waals surface area contributed by atoms with Crippen LogP contribution in [0.5, 0.6) is 0 Å². The van der Waals surface area contributed by atoms with E-state index in [0.717, 1.165) is 5.69 Å². The lowest BCUT2D eigenvalue weighted by Gasteiger charge is -2.32. The van der Waals surface area contributed by atoms with E-state index in [2.05, 4.69) is 10.4 Å². The first kappa shape index (κ1) is 20.1. The highest BCUT2D eigenvalue weighted by Gasteiger charge is 2.40. The third kappa shape index (κ3) is 3.36. The number of hydrogen-bond donors (Lipinski definition) is 1.